The van der Waals surface area contributed by atoms with Crippen molar-refractivity contribution in [3.63, 3.8) is 0 Å². The number of nitriles is 1. The molecule has 4 rings (SSSR count). The summed E-state index contributed by atoms with van der Waals surface area (Å²) in [5, 5.41) is 22.7. The van der Waals surface area contributed by atoms with E-state index in [2.05, 4.69) is 10.0 Å². The molecule has 0 fully saturated rings. The third-order valence-electron chi connectivity index (χ3n) is 5.10. The van der Waals surface area contributed by atoms with Crippen LogP contribution in [0.4, 0.5) is 10.1 Å². The average molecular weight is 438 g/mol. The fourth-order valence-corrected chi connectivity index (χ4v) is 5.10. The standard InChI is InChI=1S/C22H20FN5O2S/c1-28-13-20-17(8-10-19(27-31(20,25)30)14-5-3-2-4-6-14)21(28)22(29)26-16-7-9-18(23)15(11-16)12-24/h2-11,13,19,22,26,29H,1H3,(H2,25,27,30)/t19-,22?,31?/m0/s1. The molecule has 7 nitrogen and oxygen atoms in total. The maximum absolute atomic E-state index is 13.6. The van der Waals surface area contributed by atoms with Crippen molar-refractivity contribution < 1.29 is 13.7 Å². The van der Waals surface area contributed by atoms with Gasteiger partial charge >= 0.3 is 0 Å². The lowest BCUT2D eigenvalue weighted by atomic mass is 10.1. The molecule has 2 aromatic carbocycles. The largest absolute Gasteiger partial charge is 0.368 e. The second-order valence-electron chi connectivity index (χ2n) is 7.18. The number of anilines is 1. The molecule has 1 aromatic heterocycles. The summed E-state index contributed by atoms with van der Waals surface area (Å²) in [5.74, 6) is -0.648. The van der Waals surface area contributed by atoms with Gasteiger partial charge in [0.15, 0.2) is 6.23 Å². The van der Waals surface area contributed by atoms with E-state index in [0.29, 0.717) is 16.9 Å². The zero-order valence-electron chi connectivity index (χ0n) is 16.5. The summed E-state index contributed by atoms with van der Waals surface area (Å²) in [6, 6.07) is 14.6. The lowest BCUT2D eigenvalue weighted by Gasteiger charge is -2.17. The molecule has 0 aliphatic carbocycles. The number of aliphatic hydroxyl groups is 1. The molecular weight excluding hydrogens is 417 g/mol. The number of aryl methyl sites for hydroxylation is 1. The van der Waals surface area contributed by atoms with Crippen LogP contribution in [-0.2, 0) is 17.0 Å². The van der Waals surface area contributed by atoms with Gasteiger partial charge < -0.3 is 15.0 Å². The minimum atomic E-state index is -3.37. The number of aliphatic hydroxyl groups excluding tert-OH is 1. The minimum absolute atomic E-state index is 0.146. The van der Waals surface area contributed by atoms with Crippen molar-refractivity contribution in [1.29, 1.82) is 10.0 Å². The Kier molecular flexibility index (Phi) is 5.37. The molecule has 4 N–H and O–H groups in total. The van der Waals surface area contributed by atoms with E-state index < -0.39 is 28.0 Å². The predicted molar refractivity (Wildman–Crippen MR) is 116 cm³/mol. The molecule has 1 aliphatic rings. The predicted octanol–water partition coefficient (Wildman–Crippen LogP) is 3.82. The highest BCUT2D eigenvalue weighted by Crippen LogP contribution is 2.33. The van der Waals surface area contributed by atoms with Gasteiger partial charge in [0, 0.05) is 24.5 Å². The summed E-state index contributed by atoms with van der Waals surface area (Å²) >= 11 is 0. The molecule has 0 bridgehead atoms. The Morgan fingerprint density at radius 2 is 2.06 bits per heavy atom. The Hall–Kier alpha value is -3.45. The van der Waals surface area contributed by atoms with Gasteiger partial charge in [0.05, 0.1) is 22.2 Å². The van der Waals surface area contributed by atoms with Crippen LogP contribution in [0.25, 0.3) is 6.08 Å². The van der Waals surface area contributed by atoms with Gasteiger partial charge in [-0.05, 0) is 23.8 Å². The molecule has 3 atom stereocenters. The number of hydrogen-bond donors (Lipinski definition) is 4. The van der Waals surface area contributed by atoms with Gasteiger partial charge in [-0.1, -0.05) is 42.5 Å². The maximum atomic E-state index is 13.6. The van der Waals surface area contributed by atoms with Crippen LogP contribution in [0.5, 0.6) is 0 Å². The van der Waals surface area contributed by atoms with Crippen molar-refractivity contribution >= 4 is 21.7 Å². The van der Waals surface area contributed by atoms with Crippen LogP contribution >= 0.6 is 0 Å². The van der Waals surface area contributed by atoms with Gasteiger partial charge in [-0.15, -0.1) is 0 Å². The number of aromatic nitrogens is 1. The number of benzene rings is 2. The summed E-state index contributed by atoms with van der Waals surface area (Å²) in [5.41, 5.74) is 1.93. The van der Waals surface area contributed by atoms with Gasteiger partial charge in [-0.2, -0.15) is 5.26 Å². The van der Waals surface area contributed by atoms with Gasteiger partial charge in [0.25, 0.3) is 0 Å². The molecule has 31 heavy (non-hydrogen) atoms. The molecule has 158 valence electrons. The number of rotatable bonds is 4. The molecule has 9 heteroatoms. The van der Waals surface area contributed by atoms with Crippen molar-refractivity contribution in [2.24, 2.45) is 7.05 Å². The third kappa shape index (κ3) is 3.96. The monoisotopic (exact) mass is 437 g/mol. The van der Waals surface area contributed by atoms with Crippen molar-refractivity contribution in [3.8, 4) is 6.07 Å². The molecule has 0 spiro atoms. The summed E-state index contributed by atoms with van der Waals surface area (Å²) in [6.45, 7) is 0. The normalized spacial score (nSPS) is 21.0. The van der Waals surface area contributed by atoms with Crippen LogP contribution < -0.4 is 10.0 Å². The molecule has 0 saturated heterocycles. The van der Waals surface area contributed by atoms with E-state index >= 15 is 0 Å². The Bertz CT molecular complexity index is 1310. The highest BCUT2D eigenvalue weighted by Gasteiger charge is 2.28. The zero-order valence-corrected chi connectivity index (χ0v) is 17.4. The topological polar surface area (TPSA) is 114 Å². The highest BCUT2D eigenvalue weighted by atomic mass is 32.2. The van der Waals surface area contributed by atoms with Crippen LogP contribution in [-0.4, -0.2) is 13.9 Å². The van der Waals surface area contributed by atoms with Crippen LogP contribution in [0.3, 0.4) is 0 Å². The fraction of sp³-hybridized carbons (Fsp3) is 0.136. The average Bonchev–Trinajstić information content (AvgIpc) is 3.04. The maximum Gasteiger partial charge on any atom is 0.166 e. The molecule has 0 amide bonds. The molecule has 2 unspecified atom stereocenters. The number of hydrogen-bond acceptors (Lipinski definition) is 5. The van der Waals surface area contributed by atoms with Crippen molar-refractivity contribution in [2.45, 2.75) is 17.2 Å². The van der Waals surface area contributed by atoms with Crippen molar-refractivity contribution in [3.05, 3.63) is 89.0 Å². The Morgan fingerprint density at radius 1 is 1.32 bits per heavy atom. The third-order valence-corrected chi connectivity index (χ3v) is 6.63. The molecule has 2 heterocycles. The Labute approximate surface area is 179 Å². The van der Waals surface area contributed by atoms with E-state index in [-0.39, 0.29) is 10.5 Å². The lowest BCUT2D eigenvalue weighted by molar-refractivity contribution is 0.199. The quantitative estimate of drug-likeness (QED) is 0.465. The summed E-state index contributed by atoms with van der Waals surface area (Å²) < 4.78 is 39.8. The van der Waals surface area contributed by atoms with Crippen LogP contribution in [0.15, 0.2) is 65.7 Å². The second-order valence-corrected chi connectivity index (χ2v) is 8.97. The fourth-order valence-electron chi connectivity index (χ4n) is 3.61. The molecule has 3 aromatic rings. The highest BCUT2D eigenvalue weighted by molar-refractivity contribution is 7.90. The van der Waals surface area contributed by atoms with E-state index in [0.717, 1.165) is 11.6 Å². The first-order valence-corrected chi connectivity index (χ1v) is 11.0. The van der Waals surface area contributed by atoms with Crippen LogP contribution in [0, 0.1) is 21.9 Å². The van der Waals surface area contributed by atoms with Gasteiger partial charge in [-0.25, -0.2) is 18.1 Å². The molecule has 0 saturated carbocycles. The zero-order chi connectivity index (χ0) is 22.2. The van der Waals surface area contributed by atoms with Crippen molar-refractivity contribution in [1.82, 2.24) is 9.29 Å². The smallest absolute Gasteiger partial charge is 0.166 e. The van der Waals surface area contributed by atoms with Gasteiger partial charge in [0.1, 0.15) is 21.8 Å². The van der Waals surface area contributed by atoms with E-state index in [4.69, 9.17) is 10.0 Å². The first-order chi connectivity index (χ1) is 14.8. The van der Waals surface area contributed by atoms with E-state index in [1.54, 1.807) is 36.0 Å². The number of halogens is 1. The molecular formula is C22H20FN5O2S. The molecule has 0 radical (unpaired) electrons. The minimum Gasteiger partial charge on any atom is -0.368 e. The van der Waals surface area contributed by atoms with Crippen LogP contribution in [0.2, 0.25) is 0 Å². The Balaban J connectivity index is 1.72. The number of nitrogens with zero attached hydrogens (tertiary/aromatic N) is 2. The van der Waals surface area contributed by atoms with E-state index in [9.17, 15) is 13.7 Å². The number of nitrogens with one attached hydrogen (secondary N) is 3. The van der Waals surface area contributed by atoms with Gasteiger partial charge in [0.2, 0.25) is 0 Å². The first-order valence-electron chi connectivity index (χ1n) is 9.43. The Morgan fingerprint density at radius 3 is 2.77 bits per heavy atom. The molecule has 1 aliphatic heterocycles. The van der Waals surface area contributed by atoms with E-state index in [1.165, 1.54) is 12.1 Å². The van der Waals surface area contributed by atoms with Crippen LogP contribution in [0.1, 0.15) is 34.7 Å². The summed E-state index contributed by atoms with van der Waals surface area (Å²) in [7, 11) is -1.69. The van der Waals surface area contributed by atoms with E-state index in [1.807, 2.05) is 30.3 Å². The summed E-state index contributed by atoms with van der Waals surface area (Å²) in [4.78, 5) is 0.261. The first kappa shape index (κ1) is 20.8. The van der Waals surface area contributed by atoms with Gasteiger partial charge in [-0.3, -0.25) is 0 Å². The lowest BCUT2D eigenvalue weighted by Crippen LogP contribution is -2.25. The van der Waals surface area contributed by atoms with Crippen molar-refractivity contribution in [2.75, 3.05) is 5.32 Å². The second kappa shape index (κ2) is 8.00. The number of fused-ring (bicyclic) bond motifs is 1. The SMILES string of the molecule is Cn1cc2c(c1C(O)Nc1ccc(F)c(C#N)c1)C=C[C@@H](c1ccccc1)NS2(=N)=O. The summed E-state index contributed by atoms with van der Waals surface area (Å²) in [6.07, 6.45) is 3.85.